The standard InChI is InChI=1S/C28H34FN3O4S.2H2/c1-5-6-7-8-11-26-24(28(33)32-37(34,35)27-12-9-10-20(4)30-27)13-14-25(31-26)21-15-22(29)17-23(16-21)36-18-19(2)3;;/h9-10,12-17,19H,5-8,11,18H2,1-4H3,(H,32,33);2*1H. The summed E-state index contributed by atoms with van der Waals surface area (Å²) in [6.45, 7) is 8.23. The van der Waals surface area contributed by atoms with Gasteiger partial charge in [0.15, 0.2) is 5.03 Å². The lowest BCUT2D eigenvalue weighted by molar-refractivity contribution is 0.0980. The number of halogens is 1. The third-order valence-electron chi connectivity index (χ3n) is 5.60. The summed E-state index contributed by atoms with van der Waals surface area (Å²) in [6.07, 6.45) is 4.29. The number of rotatable bonds is 12. The molecule has 37 heavy (non-hydrogen) atoms. The molecule has 1 aromatic carbocycles. The predicted octanol–water partition coefficient (Wildman–Crippen LogP) is 6.36. The number of nitrogens with one attached hydrogen (secondary N) is 1. The molecule has 1 amide bonds. The maximum Gasteiger partial charge on any atom is 0.281 e. The number of nitrogens with zero attached hydrogens (tertiary/aromatic N) is 2. The smallest absolute Gasteiger partial charge is 0.281 e. The van der Waals surface area contributed by atoms with E-state index in [2.05, 4.69) is 21.6 Å². The summed E-state index contributed by atoms with van der Waals surface area (Å²) >= 11 is 0. The van der Waals surface area contributed by atoms with Crippen LogP contribution in [0.5, 0.6) is 5.75 Å². The van der Waals surface area contributed by atoms with Crippen LogP contribution < -0.4 is 9.46 Å². The SMILES string of the molecule is CCCCCCc1nc(-c2cc(F)cc(OCC(C)C)c2)ccc1C(=O)NS(=O)(=O)c1cccc(C)n1.[HH].[HH]. The van der Waals surface area contributed by atoms with E-state index in [-0.39, 0.29) is 19.4 Å². The van der Waals surface area contributed by atoms with Crippen LogP contribution in [0.4, 0.5) is 4.39 Å². The molecule has 7 nitrogen and oxygen atoms in total. The van der Waals surface area contributed by atoms with Gasteiger partial charge in [-0.1, -0.05) is 46.1 Å². The Morgan fingerprint density at radius 1 is 1.08 bits per heavy atom. The summed E-state index contributed by atoms with van der Waals surface area (Å²) in [6, 6.07) is 12.1. The Bertz CT molecular complexity index is 1350. The Morgan fingerprint density at radius 2 is 1.86 bits per heavy atom. The number of hydrogen-bond donors (Lipinski definition) is 1. The van der Waals surface area contributed by atoms with Crippen molar-refractivity contribution in [1.82, 2.24) is 14.7 Å². The Balaban J connectivity index is 0.00000380. The van der Waals surface area contributed by atoms with Gasteiger partial charge in [0.1, 0.15) is 11.6 Å². The molecule has 0 saturated carbocycles. The summed E-state index contributed by atoms with van der Waals surface area (Å²) < 4.78 is 47.7. The summed E-state index contributed by atoms with van der Waals surface area (Å²) in [4.78, 5) is 21.8. The van der Waals surface area contributed by atoms with Crippen molar-refractivity contribution in [1.29, 1.82) is 0 Å². The van der Waals surface area contributed by atoms with Gasteiger partial charge in [0, 0.05) is 20.2 Å². The van der Waals surface area contributed by atoms with Crippen LogP contribution in [-0.4, -0.2) is 30.9 Å². The molecule has 0 unspecified atom stereocenters. The Morgan fingerprint density at radius 3 is 2.57 bits per heavy atom. The molecule has 0 atom stereocenters. The zero-order chi connectivity index (χ0) is 27.0. The van der Waals surface area contributed by atoms with Gasteiger partial charge in [-0.05, 0) is 62.1 Å². The van der Waals surface area contributed by atoms with Crippen LogP contribution in [0.2, 0.25) is 0 Å². The molecular formula is C28H38FN3O4S. The van der Waals surface area contributed by atoms with Gasteiger partial charge >= 0.3 is 0 Å². The highest BCUT2D eigenvalue weighted by molar-refractivity contribution is 7.90. The zero-order valence-electron chi connectivity index (χ0n) is 21.8. The first-order valence-corrected chi connectivity index (χ1v) is 14.0. The third kappa shape index (κ3) is 8.08. The van der Waals surface area contributed by atoms with Crippen LogP contribution in [0.1, 0.15) is 71.1 Å². The van der Waals surface area contributed by atoms with Gasteiger partial charge in [-0.2, -0.15) is 8.42 Å². The average molecular weight is 532 g/mol. The Kier molecular flexibility index (Phi) is 9.74. The van der Waals surface area contributed by atoms with Crippen molar-refractivity contribution in [3.8, 4) is 17.0 Å². The number of pyridine rings is 2. The van der Waals surface area contributed by atoms with Gasteiger partial charge in [-0.15, -0.1) is 0 Å². The highest BCUT2D eigenvalue weighted by atomic mass is 32.2. The van der Waals surface area contributed by atoms with Crippen molar-refractivity contribution in [2.24, 2.45) is 5.92 Å². The van der Waals surface area contributed by atoms with Gasteiger partial charge in [0.2, 0.25) is 0 Å². The van der Waals surface area contributed by atoms with E-state index in [1.165, 1.54) is 24.3 Å². The molecule has 2 aromatic heterocycles. The van der Waals surface area contributed by atoms with Crippen molar-refractivity contribution in [3.05, 3.63) is 71.3 Å². The number of aromatic nitrogens is 2. The van der Waals surface area contributed by atoms with E-state index in [4.69, 9.17) is 4.74 Å². The van der Waals surface area contributed by atoms with Gasteiger partial charge in [-0.25, -0.2) is 14.1 Å². The molecule has 0 saturated heterocycles. The predicted molar refractivity (Wildman–Crippen MR) is 146 cm³/mol. The normalized spacial score (nSPS) is 11.5. The number of ether oxygens (including phenoxy) is 1. The minimum Gasteiger partial charge on any atom is -0.493 e. The largest absolute Gasteiger partial charge is 0.493 e. The molecule has 0 fully saturated rings. The lowest BCUT2D eigenvalue weighted by Gasteiger charge is -2.13. The quantitative estimate of drug-likeness (QED) is 0.273. The molecule has 0 bridgehead atoms. The van der Waals surface area contributed by atoms with E-state index in [0.29, 0.717) is 41.4 Å². The summed E-state index contributed by atoms with van der Waals surface area (Å²) in [5, 5.41) is -0.233. The molecule has 3 aromatic rings. The average Bonchev–Trinajstić information content (AvgIpc) is 2.84. The van der Waals surface area contributed by atoms with Crippen LogP contribution in [0.15, 0.2) is 53.6 Å². The van der Waals surface area contributed by atoms with E-state index in [1.807, 2.05) is 13.8 Å². The van der Waals surface area contributed by atoms with Crippen LogP contribution in [0, 0.1) is 18.7 Å². The van der Waals surface area contributed by atoms with Gasteiger partial charge in [0.25, 0.3) is 15.9 Å². The van der Waals surface area contributed by atoms with E-state index in [1.54, 1.807) is 31.2 Å². The van der Waals surface area contributed by atoms with Crippen LogP contribution >= 0.6 is 0 Å². The minimum absolute atomic E-state index is 0. The first-order valence-electron chi connectivity index (χ1n) is 12.5. The van der Waals surface area contributed by atoms with Gasteiger partial charge in [0.05, 0.1) is 23.6 Å². The molecule has 2 heterocycles. The van der Waals surface area contributed by atoms with Crippen molar-refractivity contribution in [3.63, 3.8) is 0 Å². The second kappa shape index (κ2) is 12.8. The molecule has 0 spiro atoms. The summed E-state index contributed by atoms with van der Waals surface area (Å²) in [7, 11) is -4.17. The van der Waals surface area contributed by atoms with Crippen molar-refractivity contribution in [2.45, 2.75) is 64.8 Å². The topological polar surface area (TPSA) is 98.2 Å². The van der Waals surface area contributed by atoms with Gasteiger partial charge < -0.3 is 4.74 Å². The van der Waals surface area contributed by atoms with Crippen molar-refractivity contribution >= 4 is 15.9 Å². The van der Waals surface area contributed by atoms with E-state index < -0.39 is 21.7 Å². The molecule has 0 aliphatic carbocycles. The number of carbonyl (C=O) groups excluding carboxylic acids is 1. The maximum absolute atomic E-state index is 14.4. The summed E-state index contributed by atoms with van der Waals surface area (Å²) in [5.41, 5.74) is 2.11. The number of amides is 1. The van der Waals surface area contributed by atoms with Crippen LogP contribution in [0.3, 0.4) is 0 Å². The second-order valence-corrected chi connectivity index (χ2v) is 11.1. The fraction of sp³-hybridized carbons (Fsp3) is 0.393. The van der Waals surface area contributed by atoms with Crippen molar-refractivity contribution in [2.75, 3.05) is 6.61 Å². The minimum atomic E-state index is -4.17. The zero-order valence-corrected chi connectivity index (χ0v) is 22.6. The molecule has 202 valence electrons. The highest BCUT2D eigenvalue weighted by Gasteiger charge is 2.23. The first-order chi connectivity index (χ1) is 17.6. The number of unbranched alkanes of at least 4 members (excludes halogenated alkanes) is 3. The number of carbonyl (C=O) groups is 1. The van der Waals surface area contributed by atoms with Crippen molar-refractivity contribution < 1.29 is 25.2 Å². The number of benzene rings is 1. The first kappa shape index (κ1) is 28.2. The van der Waals surface area contributed by atoms with Crippen LogP contribution in [0.25, 0.3) is 11.3 Å². The Labute approximate surface area is 221 Å². The molecular weight excluding hydrogens is 493 g/mol. The second-order valence-electron chi connectivity index (χ2n) is 9.43. The number of hydrogen-bond acceptors (Lipinski definition) is 6. The van der Waals surface area contributed by atoms with E-state index >= 15 is 0 Å². The lowest BCUT2D eigenvalue weighted by Crippen LogP contribution is -2.32. The summed E-state index contributed by atoms with van der Waals surface area (Å²) in [5.74, 6) is -0.564. The molecule has 0 radical (unpaired) electrons. The molecule has 0 aliphatic heterocycles. The lowest BCUT2D eigenvalue weighted by atomic mass is 10.0. The fourth-order valence-corrected chi connectivity index (χ4v) is 4.71. The van der Waals surface area contributed by atoms with E-state index in [9.17, 15) is 17.6 Å². The monoisotopic (exact) mass is 531 g/mol. The molecule has 1 N–H and O–H groups in total. The number of sulfonamides is 1. The molecule has 9 heteroatoms. The van der Waals surface area contributed by atoms with E-state index in [0.717, 1.165) is 25.7 Å². The van der Waals surface area contributed by atoms with Gasteiger partial charge in [-0.3, -0.25) is 9.78 Å². The maximum atomic E-state index is 14.4. The fourth-order valence-electron chi connectivity index (χ4n) is 3.73. The Hall–Kier alpha value is -3.33. The highest BCUT2D eigenvalue weighted by Crippen LogP contribution is 2.26. The molecule has 0 aliphatic rings. The third-order valence-corrected chi connectivity index (χ3v) is 6.83. The molecule has 3 rings (SSSR count). The van der Waals surface area contributed by atoms with Crippen LogP contribution in [-0.2, 0) is 16.4 Å². The number of aryl methyl sites for hydroxylation is 2.